The van der Waals surface area contributed by atoms with Gasteiger partial charge in [-0.1, -0.05) is 28.1 Å². The molecule has 0 spiro atoms. The van der Waals surface area contributed by atoms with Crippen LogP contribution >= 0.6 is 15.9 Å². The second-order valence-corrected chi connectivity index (χ2v) is 8.23. The van der Waals surface area contributed by atoms with Gasteiger partial charge in [-0.3, -0.25) is 0 Å². The van der Waals surface area contributed by atoms with Gasteiger partial charge >= 0.3 is 0 Å². The molecule has 0 saturated carbocycles. The Morgan fingerprint density at radius 1 is 1.29 bits per heavy atom. The summed E-state index contributed by atoms with van der Waals surface area (Å²) < 4.78 is 23.0. The summed E-state index contributed by atoms with van der Waals surface area (Å²) in [5.41, 5.74) is 0.914. The maximum absolute atomic E-state index is 11.6. The average Bonchev–Trinajstić information content (AvgIpc) is 2.19. The van der Waals surface area contributed by atoms with Crippen molar-refractivity contribution in [2.24, 2.45) is 0 Å². The van der Waals surface area contributed by atoms with Crippen LogP contribution in [0.2, 0.25) is 0 Å². The minimum absolute atomic E-state index is 0.327. The van der Waals surface area contributed by atoms with Crippen LogP contribution in [0.4, 0.5) is 0 Å². The Morgan fingerprint density at radius 3 is 2.18 bits per heavy atom. The molecule has 0 saturated heterocycles. The number of hydrogen-bond acceptors (Lipinski definition) is 3. The smallest absolute Gasteiger partial charge is 0.155 e. The summed E-state index contributed by atoms with van der Waals surface area (Å²) in [6, 6.07) is 7.47. The van der Waals surface area contributed by atoms with E-state index in [1.807, 2.05) is 24.3 Å². The molecule has 0 aliphatic heterocycles. The molecule has 5 heteroatoms. The first-order valence-electron chi connectivity index (χ1n) is 5.26. The van der Waals surface area contributed by atoms with Gasteiger partial charge in [-0.05, 0) is 38.0 Å². The van der Waals surface area contributed by atoms with Crippen molar-refractivity contribution in [3.63, 3.8) is 0 Å². The van der Waals surface area contributed by atoms with E-state index in [0.29, 0.717) is 6.42 Å². The van der Waals surface area contributed by atoms with Crippen molar-refractivity contribution in [1.29, 1.82) is 0 Å². The van der Waals surface area contributed by atoms with Crippen molar-refractivity contribution in [3.05, 3.63) is 34.3 Å². The largest absolute Gasteiger partial charge is 0.391 e. The molecule has 0 radical (unpaired) electrons. The summed E-state index contributed by atoms with van der Waals surface area (Å²) in [5, 5.41) is 10.0. The van der Waals surface area contributed by atoms with E-state index in [0.717, 1.165) is 16.3 Å². The quantitative estimate of drug-likeness (QED) is 0.925. The van der Waals surface area contributed by atoms with Crippen molar-refractivity contribution in [3.8, 4) is 0 Å². The third-order valence-electron chi connectivity index (χ3n) is 3.10. The van der Waals surface area contributed by atoms with E-state index >= 15 is 0 Å². The van der Waals surface area contributed by atoms with Crippen molar-refractivity contribution >= 4 is 25.8 Å². The van der Waals surface area contributed by atoms with Crippen LogP contribution in [0.3, 0.4) is 0 Å². The van der Waals surface area contributed by atoms with Gasteiger partial charge in [0.05, 0.1) is 10.9 Å². The molecule has 1 atom stereocenters. The van der Waals surface area contributed by atoms with E-state index in [4.69, 9.17) is 0 Å². The molecule has 0 bridgehead atoms. The fraction of sp³-hybridized carbons (Fsp3) is 0.500. The molecule has 0 aliphatic rings. The number of aliphatic hydroxyl groups is 1. The summed E-state index contributed by atoms with van der Waals surface area (Å²) in [5.74, 6) is 0. The molecule has 3 nitrogen and oxygen atoms in total. The number of rotatable bonds is 4. The van der Waals surface area contributed by atoms with Gasteiger partial charge in [-0.15, -0.1) is 0 Å². The highest BCUT2D eigenvalue weighted by Crippen LogP contribution is 2.23. The van der Waals surface area contributed by atoms with E-state index in [1.165, 1.54) is 0 Å². The normalized spacial score (nSPS) is 14.6. The maximum atomic E-state index is 11.6. The van der Waals surface area contributed by atoms with E-state index in [1.54, 1.807) is 13.8 Å². The number of aliphatic hydroxyl groups excluding tert-OH is 1. The zero-order chi connectivity index (χ0) is 13.3. The molecule has 96 valence electrons. The Morgan fingerprint density at radius 2 is 1.76 bits per heavy atom. The zero-order valence-corrected chi connectivity index (χ0v) is 12.5. The first-order valence-corrected chi connectivity index (χ1v) is 7.95. The molecule has 0 heterocycles. The Balaban J connectivity index is 2.86. The number of hydrogen-bond donors (Lipinski definition) is 1. The first kappa shape index (κ1) is 14.7. The van der Waals surface area contributed by atoms with Crippen molar-refractivity contribution in [1.82, 2.24) is 0 Å². The summed E-state index contributed by atoms with van der Waals surface area (Å²) in [6.07, 6.45) is 0.559. The number of sulfone groups is 1. The third-order valence-corrected chi connectivity index (χ3v) is 5.81. The lowest BCUT2D eigenvalue weighted by molar-refractivity contribution is 0.138. The fourth-order valence-electron chi connectivity index (χ4n) is 1.34. The third kappa shape index (κ3) is 3.53. The monoisotopic (exact) mass is 320 g/mol. The molecule has 1 aromatic rings. The number of halogens is 1. The van der Waals surface area contributed by atoms with Gasteiger partial charge in [0.2, 0.25) is 0 Å². The maximum Gasteiger partial charge on any atom is 0.155 e. The van der Waals surface area contributed by atoms with Gasteiger partial charge in [-0.25, -0.2) is 8.42 Å². The zero-order valence-electron chi connectivity index (χ0n) is 10.1. The van der Waals surface area contributed by atoms with Crippen molar-refractivity contribution in [2.45, 2.75) is 31.1 Å². The summed E-state index contributed by atoms with van der Waals surface area (Å²) in [4.78, 5) is 0. The van der Waals surface area contributed by atoms with Crippen LogP contribution in [-0.4, -0.2) is 30.6 Å². The second kappa shape index (κ2) is 5.08. The summed E-state index contributed by atoms with van der Waals surface area (Å²) in [7, 11) is -3.29. The summed E-state index contributed by atoms with van der Waals surface area (Å²) >= 11 is 3.32. The molecule has 1 rings (SSSR count). The molecular formula is C12H17BrO3S. The summed E-state index contributed by atoms with van der Waals surface area (Å²) in [6.45, 7) is 3.09. The van der Waals surface area contributed by atoms with Gasteiger partial charge in [0.1, 0.15) is 0 Å². The second-order valence-electron chi connectivity index (χ2n) is 4.72. The number of benzene rings is 1. The lowest BCUT2D eigenvalue weighted by Crippen LogP contribution is -2.44. The minimum Gasteiger partial charge on any atom is -0.391 e. The van der Waals surface area contributed by atoms with Crippen LogP contribution in [0.15, 0.2) is 28.7 Å². The highest BCUT2D eigenvalue weighted by molar-refractivity contribution is 9.10. The molecule has 1 unspecified atom stereocenters. The van der Waals surface area contributed by atoms with Crippen molar-refractivity contribution < 1.29 is 13.5 Å². The SMILES string of the molecule is CC(C)(C(O)Cc1ccc(Br)cc1)S(C)(=O)=O. The molecule has 17 heavy (non-hydrogen) atoms. The highest BCUT2D eigenvalue weighted by atomic mass is 79.9. The lowest BCUT2D eigenvalue weighted by atomic mass is 9.98. The molecule has 1 N–H and O–H groups in total. The van der Waals surface area contributed by atoms with Crippen LogP contribution in [0.1, 0.15) is 19.4 Å². The predicted molar refractivity (Wildman–Crippen MR) is 72.8 cm³/mol. The highest BCUT2D eigenvalue weighted by Gasteiger charge is 2.37. The Kier molecular flexibility index (Phi) is 4.38. The van der Waals surface area contributed by atoms with Crippen LogP contribution in [0, 0.1) is 0 Å². The van der Waals surface area contributed by atoms with E-state index < -0.39 is 20.7 Å². The van der Waals surface area contributed by atoms with Gasteiger partial charge in [0.25, 0.3) is 0 Å². The standard InChI is InChI=1S/C12H17BrO3S/c1-12(2,17(3,15)16)11(14)8-9-4-6-10(13)7-5-9/h4-7,11,14H,8H2,1-3H3. The fourth-order valence-corrected chi connectivity index (χ4v) is 2.18. The van der Waals surface area contributed by atoms with Crippen molar-refractivity contribution in [2.75, 3.05) is 6.26 Å². The van der Waals surface area contributed by atoms with Crippen LogP contribution in [0.25, 0.3) is 0 Å². The van der Waals surface area contributed by atoms with E-state index in [-0.39, 0.29) is 0 Å². The lowest BCUT2D eigenvalue weighted by Gasteiger charge is -2.28. The van der Waals surface area contributed by atoms with E-state index in [9.17, 15) is 13.5 Å². The van der Waals surface area contributed by atoms with Crippen LogP contribution < -0.4 is 0 Å². The van der Waals surface area contributed by atoms with Crippen LogP contribution in [-0.2, 0) is 16.3 Å². The molecular weight excluding hydrogens is 304 g/mol. The van der Waals surface area contributed by atoms with Gasteiger partial charge in [-0.2, -0.15) is 0 Å². The van der Waals surface area contributed by atoms with E-state index in [2.05, 4.69) is 15.9 Å². The predicted octanol–water partition coefficient (Wildman–Crippen LogP) is 2.18. The van der Waals surface area contributed by atoms with Gasteiger partial charge in [0.15, 0.2) is 9.84 Å². The first-order chi connectivity index (χ1) is 7.64. The Bertz CT molecular complexity index is 477. The topological polar surface area (TPSA) is 54.4 Å². The molecule has 1 aromatic carbocycles. The van der Waals surface area contributed by atoms with Gasteiger partial charge < -0.3 is 5.11 Å². The molecule has 0 aliphatic carbocycles. The Labute approximate surface area is 111 Å². The minimum atomic E-state index is -3.29. The molecule has 0 aromatic heterocycles. The van der Waals surface area contributed by atoms with Gasteiger partial charge in [0, 0.05) is 10.7 Å². The molecule has 0 amide bonds. The average molecular weight is 321 g/mol. The Hall–Kier alpha value is -0.390. The van der Waals surface area contributed by atoms with Crippen LogP contribution in [0.5, 0.6) is 0 Å². The molecule has 0 fully saturated rings.